The Bertz CT molecular complexity index is 964. The molecular formula is C20H17N3O. The Kier molecular flexibility index (Phi) is 3.20. The molecule has 0 amide bonds. The van der Waals surface area contributed by atoms with Crippen LogP contribution in [0, 0.1) is 6.92 Å². The maximum Gasteiger partial charge on any atom is 0.226 e. The molecule has 2 aromatic carbocycles. The molecule has 118 valence electrons. The molecule has 1 aliphatic heterocycles. The van der Waals surface area contributed by atoms with Crippen LogP contribution in [0.25, 0.3) is 5.57 Å². The first kappa shape index (κ1) is 14.6. The van der Waals surface area contributed by atoms with Gasteiger partial charge in [0.25, 0.3) is 0 Å². The largest absolute Gasteiger partial charge is 0.347 e. The predicted octanol–water partition coefficient (Wildman–Crippen LogP) is 3.32. The standard InChI is InChI=1S/C20H17N3O/c1-12-8-4-5-9-13(12)16-18-17(21-20(22-18)23(2)3)14-10-6-7-11-15(14)19(16)24/h4-11H,1-3H3. The number of hydrogen-bond donors (Lipinski definition) is 0. The third kappa shape index (κ3) is 2.03. The second-order valence-electron chi connectivity index (χ2n) is 6.18. The summed E-state index contributed by atoms with van der Waals surface area (Å²) in [5, 5.41) is 0. The Morgan fingerprint density at radius 3 is 2.12 bits per heavy atom. The fourth-order valence-corrected chi connectivity index (χ4v) is 3.13. The number of ketones is 1. The van der Waals surface area contributed by atoms with Crippen LogP contribution in [0.3, 0.4) is 0 Å². The summed E-state index contributed by atoms with van der Waals surface area (Å²) in [4.78, 5) is 24.4. The highest BCUT2D eigenvalue weighted by molar-refractivity contribution is 6.43. The molecule has 0 fully saturated rings. The molecule has 0 spiro atoms. The Morgan fingerprint density at radius 1 is 0.833 bits per heavy atom. The molecule has 0 saturated heterocycles. The van der Waals surface area contributed by atoms with Gasteiger partial charge in [0.05, 0.1) is 5.57 Å². The molecule has 2 aliphatic rings. The third-order valence-electron chi connectivity index (χ3n) is 4.35. The first-order chi connectivity index (χ1) is 11.6. The minimum Gasteiger partial charge on any atom is -0.347 e. The lowest BCUT2D eigenvalue weighted by Crippen LogP contribution is -2.20. The molecule has 4 rings (SSSR count). The minimum atomic E-state index is 0.0117. The van der Waals surface area contributed by atoms with Gasteiger partial charge in [0.1, 0.15) is 11.4 Å². The molecule has 0 atom stereocenters. The van der Waals surface area contributed by atoms with E-state index in [1.165, 1.54) is 0 Å². The van der Waals surface area contributed by atoms with Crippen LogP contribution in [0.5, 0.6) is 0 Å². The Hall–Kier alpha value is -3.01. The number of hydrogen-bond acceptors (Lipinski definition) is 4. The van der Waals surface area contributed by atoms with Gasteiger partial charge in [-0.3, -0.25) is 4.79 Å². The van der Waals surface area contributed by atoms with Crippen molar-refractivity contribution in [1.82, 2.24) is 4.90 Å². The van der Waals surface area contributed by atoms with Gasteiger partial charge < -0.3 is 4.90 Å². The minimum absolute atomic E-state index is 0.0117. The lowest BCUT2D eigenvalue weighted by atomic mass is 9.83. The van der Waals surface area contributed by atoms with Crippen LogP contribution < -0.4 is 0 Å². The Labute approximate surface area is 140 Å². The average molecular weight is 315 g/mol. The summed E-state index contributed by atoms with van der Waals surface area (Å²) >= 11 is 0. The van der Waals surface area contributed by atoms with E-state index in [9.17, 15) is 4.79 Å². The van der Waals surface area contributed by atoms with Gasteiger partial charge in [-0.1, -0.05) is 48.5 Å². The predicted molar refractivity (Wildman–Crippen MR) is 96.5 cm³/mol. The number of aryl methyl sites for hydroxylation is 1. The van der Waals surface area contributed by atoms with Crippen molar-refractivity contribution in [2.24, 2.45) is 9.98 Å². The molecule has 2 aromatic rings. The van der Waals surface area contributed by atoms with E-state index >= 15 is 0 Å². The molecule has 0 bridgehead atoms. The van der Waals surface area contributed by atoms with Gasteiger partial charge in [-0.05, 0) is 18.1 Å². The van der Waals surface area contributed by atoms with Crippen LogP contribution in [0.2, 0.25) is 0 Å². The number of rotatable bonds is 1. The molecular weight excluding hydrogens is 298 g/mol. The fourth-order valence-electron chi connectivity index (χ4n) is 3.13. The van der Waals surface area contributed by atoms with Crippen molar-refractivity contribution in [2.45, 2.75) is 6.92 Å². The number of carbonyl (C=O) groups is 1. The molecule has 24 heavy (non-hydrogen) atoms. The van der Waals surface area contributed by atoms with E-state index in [0.717, 1.165) is 22.4 Å². The summed E-state index contributed by atoms with van der Waals surface area (Å²) in [6.45, 7) is 2.01. The number of fused-ring (bicyclic) bond motifs is 3. The van der Waals surface area contributed by atoms with E-state index in [1.54, 1.807) is 0 Å². The zero-order valence-corrected chi connectivity index (χ0v) is 13.9. The van der Waals surface area contributed by atoms with Gasteiger partial charge in [-0.25, -0.2) is 9.98 Å². The third-order valence-corrected chi connectivity index (χ3v) is 4.35. The summed E-state index contributed by atoms with van der Waals surface area (Å²) in [5.41, 5.74) is 5.62. The molecule has 0 N–H and O–H groups in total. The number of aliphatic imine (C=N–C) groups is 2. The number of allylic oxidation sites excluding steroid dienone is 2. The van der Waals surface area contributed by atoms with Gasteiger partial charge in [0.15, 0.2) is 5.78 Å². The van der Waals surface area contributed by atoms with Crippen molar-refractivity contribution in [2.75, 3.05) is 14.1 Å². The molecule has 1 heterocycles. The van der Waals surface area contributed by atoms with Crippen molar-refractivity contribution in [1.29, 1.82) is 0 Å². The van der Waals surface area contributed by atoms with Crippen molar-refractivity contribution in [3.63, 3.8) is 0 Å². The molecule has 0 aromatic heterocycles. The van der Waals surface area contributed by atoms with Crippen molar-refractivity contribution in [3.05, 3.63) is 76.5 Å². The lowest BCUT2D eigenvalue weighted by Gasteiger charge is -2.20. The highest BCUT2D eigenvalue weighted by atomic mass is 16.1. The SMILES string of the molecule is Cc1ccccc1C1=C2N=C(N(C)C)N=C2c2ccccc2C1=O. The van der Waals surface area contributed by atoms with Crippen LogP contribution in [0.15, 0.2) is 64.2 Å². The fraction of sp³-hybridized carbons (Fsp3) is 0.150. The molecule has 4 heteroatoms. The normalized spacial score (nSPS) is 15.7. The van der Waals surface area contributed by atoms with Gasteiger partial charge >= 0.3 is 0 Å². The van der Waals surface area contributed by atoms with Crippen molar-refractivity contribution >= 4 is 23.0 Å². The van der Waals surface area contributed by atoms with Gasteiger partial charge in [-0.15, -0.1) is 0 Å². The van der Waals surface area contributed by atoms with E-state index < -0.39 is 0 Å². The average Bonchev–Trinajstić information content (AvgIpc) is 3.02. The lowest BCUT2D eigenvalue weighted by molar-refractivity contribution is 0.105. The van der Waals surface area contributed by atoms with Crippen LogP contribution >= 0.6 is 0 Å². The zero-order chi connectivity index (χ0) is 16.8. The summed E-state index contributed by atoms with van der Waals surface area (Å²) in [6.07, 6.45) is 0. The highest BCUT2D eigenvalue weighted by Crippen LogP contribution is 2.36. The van der Waals surface area contributed by atoms with Crippen molar-refractivity contribution in [3.8, 4) is 0 Å². The van der Waals surface area contributed by atoms with Crippen molar-refractivity contribution < 1.29 is 4.79 Å². The molecule has 0 saturated carbocycles. The monoisotopic (exact) mass is 315 g/mol. The first-order valence-corrected chi connectivity index (χ1v) is 7.87. The second kappa shape index (κ2) is 5.27. The van der Waals surface area contributed by atoms with Crippen LogP contribution in [-0.2, 0) is 0 Å². The van der Waals surface area contributed by atoms with E-state index in [-0.39, 0.29) is 5.78 Å². The van der Waals surface area contributed by atoms with Crippen LogP contribution in [0.1, 0.15) is 27.0 Å². The Morgan fingerprint density at radius 2 is 1.46 bits per heavy atom. The van der Waals surface area contributed by atoms with E-state index in [0.29, 0.717) is 22.8 Å². The molecule has 1 aliphatic carbocycles. The van der Waals surface area contributed by atoms with E-state index in [4.69, 9.17) is 0 Å². The van der Waals surface area contributed by atoms with Crippen LogP contribution in [-0.4, -0.2) is 36.4 Å². The maximum atomic E-state index is 13.2. The van der Waals surface area contributed by atoms with E-state index in [1.807, 2.05) is 74.4 Å². The zero-order valence-electron chi connectivity index (χ0n) is 13.9. The van der Waals surface area contributed by atoms with Gasteiger partial charge in [0, 0.05) is 25.2 Å². The summed E-state index contributed by atoms with van der Waals surface area (Å²) in [6, 6.07) is 15.5. The number of benzene rings is 2. The quantitative estimate of drug-likeness (QED) is 0.810. The molecule has 0 radical (unpaired) electrons. The van der Waals surface area contributed by atoms with Crippen LogP contribution in [0.4, 0.5) is 0 Å². The summed E-state index contributed by atoms with van der Waals surface area (Å²) < 4.78 is 0. The number of carbonyl (C=O) groups excluding carboxylic acids is 1. The first-order valence-electron chi connectivity index (χ1n) is 7.87. The summed E-state index contributed by atoms with van der Waals surface area (Å²) in [7, 11) is 3.81. The smallest absolute Gasteiger partial charge is 0.226 e. The summed E-state index contributed by atoms with van der Waals surface area (Å²) in [5.74, 6) is 0.633. The number of nitrogens with zero attached hydrogens (tertiary/aromatic N) is 3. The Balaban J connectivity index is 2.05. The maximum absolute atomic E-state index is 13.2. The van der Waals surface area contributed by atoms with Gasteiger partial charge in [0.2, 0.25) is 5.96 Å². The van der Waals surface area contributed by atoms with E-state index in [2.05, 4.69) is 9.98 Å². The topological polar surface area (TPSA) is 45.0 Å². The van der Waals surface area contributed by atoms with Gasteiger partial charge in [-0.2, -0.15) is 0 Å². The highest BCUT2D eigenvalue weighted by Gasteiger charge is 2.35. The molecule has 4 nitrogen and oxygen atoms in total. The number of guanidine groups is 1. The number of Topliss-reactive ketones (excluding diaryl/α,β-unsaturated/α-hetero) is 1. The second-order valence-corrected chi connectivity index (χ2v) is 6.18. The molecule has 0 unspecified atom stereocenters.